The first kappa shape index (κ1) is 13.8. The topological polar surface area (TPSA) is 101 Å². The van der Waals surface area contributed by atoms with E-state index in [4.69, 9.17) is 5.73 Å². The van der Waals surface area contributed by atoms with E-state index >= 15 is 0 Å². The maximum absolute atomic E-state index is 12.0. The number of hydrogen-bond donors (Lipinski definition) is 3. The summed E-state index contributed by atoms with van der Waals surface area (Å²) in [4.78, 5) is 11.4. The van der Waals surface area contributed by atoms with Crippen molar-refractivity contribution in [3.05, 3.63) is 23.8 Å². The van der Waals surface area contributed by atoms with E-state index in [1.807, 2.05) is 6.92 Å². The normalized spacial score (nSPS) is 15.2. The molecule has 0 atom stereocenters. The number of nitrogen functional groups attached to an aromatic ring is 1. The molecule has 104 valence electrons. The number of anilines is 1. The number of benzene rings is 1. The Kier molecular flexibility index (Phi) is 3.77. The molecule has 0 bridgehead atoms. The summed E-state index contributed by atoms with van der Waals surface area (Å²) in [6, 6.07) is 4.89. The van der Waals surface area contributed by atoms with Crippen LogP contribution in [0, 0.1) is 6.92 Å². The van der Waals surface area contributed by atoms with Crippen LogP contribution in [0.2, 0.25) is 0 Å². The summed E-state index contributed by atoms with van der Waals surface area (Å²) in [7, 11) is -3.75. The fraction of sp³-hybridized carbons (Fsp3) is 0.417. The van der Waals surface area contributed by atoms with Crippen molar-refractivity contribution in [3.8, 4) is 0 Å². The van der Waals surface area contributed by atoms with Gasteiger partial charge in [-0.05, 0) is 37.5 Å². The molecule has 1 aliphatic carbocycles. The molecule has 0 unspecified atom stereocenters. The second kappa shape index (κ2) is 5.18. The van der Waals surface area contributed by atoms with E-state index in [-0.39, 0.29) is 29.1 Å². The fourth-order valence-corrected chi connectivity index (χ4v) is 2.75. The van der Waals surface area contributed by atoms with Crippen molar-refractivity contribution in [2.45, 2.75) is 30.7 Å². The van der Waals surface area contributed by atoms with E-state index in [9.17, 15) is 13.2 Å². The van der Waals surface area contributed by atoms with Gasteiger partial charge in [-0.3, -0.25) is 4.79 Å². The van der Waals surface area contributed by atoms with Gasteiger partial charge in [0.25, 0.3) is 0 Å². The molecule has 1 saturated carbocycles. The van der Waals surface area contributed by atoms with Crippen LogP contribution in [0.25, 0.3) is 0 Å². The number of carbonyl (C=O) groups excluding carboxylic acids is 1. The van der Waals surface area contributed by atoms with Gasteiger partial charge >= 0.3 is 0 Å². The SMILES string of the molecule is Cc1ccc(S(=O)(=O)NCC(=O)NC2CC2)c(N)c1. The number of nitrogens with two attached hydrogens (primary N) is 1. The second-order valence-electron chi connectivity index (χ2n) is 4.71. The molecule has 7 heteroatoms. The molecule has 0 aromatic heterocycles. The lowest BCUT2D eigenvalue weighted by Gasteiger charge is -2.09. The molecule has 0 radical (unpaired) electrons. The van der Waals surface area contributed by atoms with Gasteiger partial charge in [-0.2, -0.15) is 0 Å². The van der Waals surface area contributed by atoms with Crippen molar-refractivity contribution in [3.63, 3.8) is 0 Å². The van der Waals surface area contributed by atoms with Crippen LogP contribution in [0.15, 0.2) is 23.1 Å². The number of nitrogens with one attached hydrogen (secondary N) is 2. The second-order valence-corrected chi connectivity index (χ2v) is 6.44. The minimum atomic E-state index is -3.75. The Morgan fingerprint density at radius 1 is 1.42 bits per heavy atom. The molecule has 1 amide bonds. The minimum Gasteiger partial charge on any atom is -0.398 e. The van der Waals surface area contributed by atoms with E-state index in [1.54, 1.807) is 12.1 Å². The molecule has 1 aromatic carbocycles. The summed E-state index contributed by atoms with van der Waals surface area (Å²) in [6.07, 6.45) is 1.92. The largest absolute Gasteiger partial charge is 0.398 e. The zero-order valence-electron chi connectivity index (χ0n) is 10.6. The Bertz CT molecular complexity index is 594. The van der Waals surface area contributed by atoms with E-state index in [2.05, 4.69) is 10.0 Å². The smallest absolute Gasteiger partial charge is 0.243 e. The monoisotopic (exact) mass is 283 g/mol. The van der Waals surface area contributed by atoms with Crippen molar-refractivity contribution >= 4 is 21.6 Å². The first-order chi connectivity index (χ1) is 8.88. The molecule has 2 rings (SSSR count). The lowest BCUT2D eigenvalue weighted by molar-refractivity contribution is -0.120. The van der Waals surface area contributed by atoms with Gasteiger partial charge in [0, 0.05) is 6.04 Å². The number of amides is 1. The quantitative estimate of drug-likeness (QED) is 0.669. The van der Waals surface area contributed by atoms with E-state index in [1.165, 1.54) is 6.07 Å². The van der Waals surface area contributed by atoms with Crippen LogP contribution in [0.4, 0.5) is 5.69 Å². The van der Waals surface area contributed by atoms with Gasteiger partial charge in [0.2, 0.25) is 15.9 Å². The molecule has 6 nitrogen and oxygen atoms in total. The minimum absolute atomic E-state index is 0.00248. The molecule has 1 aliphatic rings. The first-order valence-corrected chi connectivity index (χ1v) is 7.52. The number of aryl methyl sites for hydroxylation is 1. The molecule has 4 N–H and O–H groups in total. The van der Waals surface area contributed by atoms with Crippen LogP contribution in [-0.4, -0.2) is 26.9 Å². The van der Waals surface area contributed by atoms with Crippen molar-refractivity contribution in [1.29, 1.82) is 0 Å². The third kappa shape index (κ3) is 3.68. The predicted molar refractivity (Wildman–Crippen MR) is 71.9 cm³/mol. The van der Waals surface area contributed by atoms with Crippen LogP contribution in [0.1, 0.15) is 18.4 Å². The van der Waals surface area contributed by atoms with Gasteiger partial charge in [0.05, 0.1) is 12.2 Å². The van der Waals surface area contributed by atoms with Crippen LogP contribution >= 0.6 is 0 Å². The number of hydrogen-bond acceptors (Lipinski definition) is 4. The van der Waals surface area contributed by atoms with Crippen LogP contribution in [0.5, 0.6) is 0 Å². The van der Waals surface area contributed by atoms with Crippen LogP contribution in [-0.2, 0) is 14.8 Å². The summed E-state index contributed by atoms with van der Waals surface area (Å²) in [5, 5.41) is 2.70. The standard InChI is InChI=1S/C12H17N3O3S/c1-8-2-5-11(10(13)6-8)19(17,18)14-7-12(16)15-9-3-4-9/h2,5-6,9,14H,3-4,7,13H2,1H3,(H,15,16). The Labute approximate surface area is 112 Å². The Morgan fingerprint density at radius 2 is 2.11 bits per heavy atom. The van der Waals surface area contributed by atoms with Gasteiger partial charge < -0.3 is 11.1 Å². The van der Waals surface area contributed by atoms with E-state index < -0.39 is 10.0 Å². The van der Waals surface area contributed by atoms with Crippen LogP contribution < -0.4 is 15.8 Å². The third-order valence-electron chi connectivity index (χ3n) is 2.82. The molecule has 0 heterocycles. The maximum Gasteiger partial charge on any atom is 0.243 e. The summed E-state index contributed by atoms with van der Waals surface area (Å²) in [5.41, 5.74) is 6.74. The van der Waals surface area contributed by atoms with Gasteiger partial charge in [0.15, 0.2) is 0 Å². The van der Waals surface area contributed by atoms with Crippen molar-refractivity contribution in [1.82, 2.24) is 10.0 Å². The summed E-state index contributed by atoms with van der Waals surface area (Å²) in [6.45, 7) is 1.55. The molecule has 1 fully saturated rings. The molecule has 0 saturated heterocycles. The molecular weight excluding hydrogens is 266 g/mol. The Balaban J connectivity index is 2.02. The Morgan fingerprint density at radius 3 is 2.68 bits per heavy atom. The highest BCUT2D eigenvalue weighted by atomic mass is 32.2. The van der Waals surface area contributed by atoms with Gasteiger partial charge in [0.1, 0.15) is 4.90 Å². The predicted octanol–water partition coefficient (Wildman–Crippen LogP) is 0.134. The van der Waals surface area contributed by atoms with E-state index in [0.717, 1.165) is 18.4 Å². The average Bonchev–Trinajstić information content (AvgIpc) is 3.10. The number of carbonyl (C=O) groups is 1. The molecule has 0 aliphatic heterocycles. The third-order valence-corrected chi connectivity index (χ3v) is 4.30. The first-order valence-electron chi connectivity index (χ1n) is 6.03. The highest BCUT2D eigenvalue weighted by Gasteiger charge is 2.24. The summed E-state index contributed by atoms with van der Waals surface area (Å²) >= 11 is 0. The summed E-state index contributed by atoms with van der Waals surface area (Å²) < 4.78 is 26.2. The lowest BCUT2D eigenvalue weighted by atomic mass is 10.2. The molecular formula is C12H17N3O3S. The zero-order valence-corrected chi connectivity index (χ0v) is 11.5. The Hall–Kier alpha value is -1.60. The lowest BCUT2D eigenvalue weighted by Crippen LogP contribution is -2.38. The van der Waals surface area contributed by atoms with Gasteiger partial charge in [-0.15, -0.1) is 0 Å². The van der Waals surface area contributed by atoms with Crippen molar-refractivity contribution in [2.75, 3.05) is 12.3 Å². The maximum atomic E-state index is 12.0. The number of rotatable bonds is 5. The highest BCUT2D eigenvalue weighted by molar-refractivity contribution is 7.89. The van der Waals surface area contributed by atoms with Gasteiger partial charge in [-0.25, -0.2) is 13.1 Å². The van der Waals surface area contributed by atoms with E-state index in [0.29, 0.717) is 0 Å². The van der Waals surface area contributed by atoms with Crippen LogP contribution in [0.3, 0.4) is 0 Å². The molecule has 19 heavy (non-hydrogen) atoms. The fourth-order valence-electron chi connectivity index (χ4n) is 1.66. The molecule has 1 aromatic rings. The highest BCUT2D eigenvalue weighted by Crippen LogP contribution is 2.19. The molecule has 0 spiro atoms. The zero-order chi connectivity index (χ0) is 14.0. The van der Waals surface area contributed by atoms with Crippen molar-refractivity contribution < 1.29 is 13.2 Å². The number of sulfonamides is 1. The summed E-state index contributed by atoms with van der Waals surface area (Å²) in [5.74, 6) is -0.322. The van der Waals surface area contributed by atoms with Crippen molar-refractivity contribution in [2.24, 2.45) is 0 Å². The van der Waals surface area contributed by atoms with Gasteiger partial charge in [-0.1, -0.05) is 6.07 Å². The average molecular weight is 283 g/mol.